The van der Waals surface area contributed by atoms with Gasteiger partial charge in [-0.1, -0.05) is 79.0 Å². The van der Waals surface area contributed by atoms with Crippen LogP contribution in [0.2, 0.25) is 0 Å². The van der Waals surface area contributed by atoms with Crippen LogP contribution in [0.25, 0.3) is 28.4 Å². The number of allylic oxidation sites excluding steroid dienone is 21. The molecule has 0 aliphatic heterocycles. The van der Waals surface area contributed by atoms with Crippen LogP contribution in [0.5, 0.6) is 0 Å². The molecule has 0 heterocycles. The summed E-state index contributed by atoms with van der Waals surface area (Å²) in [7, 11) is 0. The Kier molecular flexibility index (Phi) is 6.35. The van der Waals surface area contributed by atoms with Crippen molar-refractivity contribution in [1.82, 2.24) is 0 Å². The molecule has 3 aromatic rings. The zero-order valence-electron chi connectivity index (χ0n) is 30.0. The third kappa shape index (κ3) is 4.16. The van der Waals surface area contributed by atoms with Crippen molar-refractivity contribution in [3.8, 4) is 0 Å². The first-order chi connectivity index (χ1) is 26.4. The average Bonchev–Trinajstić information content (AvgIpc) is 3.65. The maximum Gasteiger partial charge on any atom is 0.126 e. The second-order valence-corrected chi connectivity index (χ2v) is 16.5. The lowest BCUT2D eigenvalue weighted by molar-refractivity contribution is 0.581. The van der Waals surface area contributed by atoms with Gasteiger partial charge in [0.05, 0.1) is 0 Å². The molecule has 5 atom stereocenters. The molecule has 3 aromatic carbocycles. The number of fused-ring (bicyclic) bond motifs is 11. The fraction of sp³-hybridized carbons (Fsp3) is 0.216. The molecule has 0 amide bonds. The van der Waals surface area contributed by atoms with E-state index in [0.29, 0.717) is 11.5 Å². The van der Waals surface area contributed by atoms with Crippen molar-refractivity contribution in [3.05, 3.63) is 205 Å². The van der Waals surface area contributed by atoms with E-state index >= 15 is 13.2 Å². The lowest BCUT2D eigenvalue weighted by Gasteiger charge is -2.39. The highest BCUT2D eigenvalue weighted by molar-refractivity contribution is 6.23. The number of halogens is 3. The van der Waals surface area contributed by atoms with E-state index in [2.05, 4.69) is 85.0 Å². The van der Waals surface area contributed by atoms with Crippen LogP contribution in [0, 0.1) is 54.0 Å². The Labute approximate surface area is 313 Å². The normalized spacial score (nSPS) is 27.4. The van der Waals surface area contributed by atoms with E-state index in [-0.39, 0.29) is 29.5 Å². The number of benzene rings is 3. The second-order valence-electron chi connectivity index (χ2n) is 16.5. The van der Waals surface area contributed by atoms with Gasteiger partial charge in [-0.2, -0.15) is 0 Å². The minimum atomic E-state index is -0.579. The summed E-state index contributed by atoms with van der Waals surface area (Å²) in [6, 6.07) is 11.8. The Morgan fingerprint density at radius 3 is 2.22 bits per heavy atom. The number of hydrogen-bond acceptors (Lipinski definition) is 0. The van der Waals surface area contributed by atoms with Gasteiger partial charge in [0.2, 0.25) is 0 Å². The summed E-state index contributed by atoms with van der Waals surface area (Å²) in [5.41, 5.74) is 21.0. The number of rotatable bonds is 2. The Bertz CT molecular complexity index is 2650. The van der Waals surface area contributed by atoms with Crippen molar-refractivity contribution in [1.29, 1.82) is 0 Å². The summed E-state index contributed by atoms with van der Waals surface area (Å²) in [5, 5.41) is 0. The maximum absolute atomic E-state index is 15.6. The van der Waals surface area contributed by atoms with Crippen LogP contribution in [0.1, 0.15) is 63.8 Å². The predicted molar refractivity (Wildman–Crippen MR) is 212 cm³/mol. The molecule has 0 spiro atoms. The van der Waals surface area contributed by atoms with Gasteiger partial charge in [-0.3, -0.25) is 0 Å². The average molecular weight is 707 g/mol. The minimum Gasteiger partial charge on any atom is -0.207 e. The van der Waals surface area contributed by atoms with Crippen LogP contribution >= 0.6 is 0 Å². The van der Waals surface area contributed by atoms with E-state index in [1.165, 1.54) is 67.8 Å². The van der Waals surface area contributed by atoms with Crippen LogP contribution in [-0.2, 0) is 12.8 Å². The van der Waals surface area contributed by atoms with Crippen molar-refractivity contribution < 1.29 is 13.2 Å². The molecule has 0 aromatic heterocycles. The highest BCUT2D eigenvalue weighted by atomic mass is 19.1. The minimum absolute atomic E-state index is 0.169. The van der Waals surface area contributed by atoms with Gasteiger partial charge in [0, 0.05) is 35.7 Å². The third-order valence-corrected chi connectivity index (χ3v) is 13.6. The van der Waals surface area contributed by atoms with Crippen LogP contribution in [0.15, 0.2) is 143 Å². The van der Waals surface area contributed by atoms with Crippen LogP contribution < -0.4 is 0 Å². The molecule has 0 N–H and O–H groups in total. The van der Waals surface area contributed by atoms with Crippen molar-refractivity contribution in [3.63, 3.8) is 0 Å². The summed E-state index contributed by atoms with van der Waals surface area (Å²) < 4.78 is 46.6. The van der Waals surface area contributed by atoms with Gasteiger partial charge >= 0.3 is 0 Å². The Morgan fingerprint density at radius 1 is 0.611 bits per heavy atom. The molecule has 54 heavy (non-hydrogen) atoms. The zero-order chi connectivity index (χ0) is 36.0. The molecule has 0 radical (unpaired) electrons. The van der Waals surface area contributed by atoms with Crippen LogP contribution in [0.4, 0.5) is 13.2 Å². The smallest absolute Gasteiger partial charge is 0.126 e. The molecule has 1 saturated carbocycles. The van der Waals surface area contributed by atoms with E-state index in [0.717, 1.165) is 77.2 Å². The van der Waals surface area contributed by atoms with Gasteiger partial charge < -0.3 is 0 Å². The van der Waals surface area contributed by atoms with Gasteiger partial charge in [0.25, 0.3) is 0 Å². The Morgan fingerprint density at radius 2 is 1.37 bits per heavy atom. The first kappa shape index (κ1) is 31.0. The van der Waals surface area contributed by atoms with Gasteiger partial charge in [-0.15, -0.1) is 0 Å². The topological polar surface area (TPSA) is 0 Å². The van der Waals surface area contributed by atoms with Crippen LogP contribution in [-0.4, -0.2) is 0 Å². The van der Waals surface area contributed by atoms with Crippen molar-refractivity contribution in [2.24, 2.45) is 29.6 Å². The molecule has 262 valence electrons. The molecule has 1 fully saturated rings. The molecule has 3 heteroatoms. The molecular formula is C51H37F3. The summed E-state index contributed by atoms with van der Waals surface area (Å²) in [6.07, 6.45) is 32.8. The van der Waals surface area contributed by atoms with Gasteiger partial charge in [-0.05, 0) is 170 Å². The monoisotopic (exact) mass is 706 g/mol. The maximum atomic E-state index is 15.6. The zero-order valence-corrected chi connectivity index (χ0v) is 30.0. The molecule has 0 saturated heterocycles. The Balaban J connectivity index is 1.21. The highest BCUT2D eigenvalue weighted by Gasteiger charge is 2.49. The molecule has 9 aliphatic carbocycles. The standard InChI is InChI=1S/C51H37F3/c1-26-16-29(18-31(52)17-26)46-43-24-40-38-14-6-12-36-34-10-4-2-8-27(34)21-42(48(36)38)41(40)25-44(43)47(30-19-32(53)23-33(54)20-30)51-45-22-28-9-3-5-11-35(28)37-13-7-15-39(49(37)45)50(46)51/h2-4,6,8-10,12,15-25,27,34,38,43-44H,5,7,11,13-14H2,1H3. The fourth-order valence-electron chi connectivity index (χ4n) is 11.7. The molecule has 5 unspecified atom stereocenters. The van der Waals surface area contributed by atoms with Gasteiger partial charge in [0.15, 0.2) is 0 Å². The summed E-state index contributed by atoms with van der Waals surface area (Å²) in [4.78, 5) is 0. The van der Waals surface area contributed by atoms with E-state index in [9.17, 15) is 0 Å². The SMILES string of the molecule is Cc1cc(F)cc(C2=C3C4=CCCc5c6c(cc(c54)C3=C(c3cc(F)cc(F)c3)C3C=C4C5=CC7C=CC=CC7C7=C5C(CC=C7)C4=CC23)C=CCC6)c1. The van der Waals surface area contributed by atoms with Crippen molar-refractivity contribution in [2.45, 2.75) is 39.0 Å². The highest BCUT2D eigenvalue weighted by Crippen LogP contribution is 2.65. The molecular weight excluding hydrogens is 670 g/mol. The summed E-state index contributed by atoms with van der Waals surface area (Å²) in [5.74, 6) is -0.974. The van der Waals surface area contributed by atoms with Gasteiger partial charge in [0.1, 0.15) is 17.5 Å². The van der Waals surface area contributed by atoms with E-state index in [4.69, 9.17) is 0 Å². The van der Waals surface area contributed by atoms with Crippen molar-refractivity contribution >= 4 is 28.4 Å². The Hall–Kier alpha value is -5.41. The van der Waals surface area contributed by atoms with Gasteiger partial charge in [-0.25, -0.2) is 13.2 Å². The second kappa shape index (κ2) is 11.1. The third-order valence-electron chi connectivity index (χ3n) is 13.6. The lowest BCUT2D eigenvalue weighted by atomic mass is 9.64. The van der Waals surface area contributed by atoms with E-state index < -0.39 is 11.6 Å². The van der Waals surface area contributed by atoms with E-state index in [1.807, 2.05) is 6.92 Å². The molecule has 9 aliphatic rings. The quantitative estimate of drug-likeness (QED) is 0.249. The lowest BCUT2D eigenvalue weighted by Crippen LogP contribution is -2.25. The fourth-order valence-corrected chi connectivity index (χ4v) is 11.7. The molecule has 0 bridgehead atoms. The summed E-state index contributed by atoms with van der Waals surface area (Å²) >= 11 is 0. The number of hydrogen-bond donors (Lipinski definition) is 0. The first-order valence-corrected chi connectivity index (χ1v) is 19.6. The summed E-state index contributed by atoms with van der Waals surface area (Å²) in [6.45, 7) is 1.97. The largest absolute Gasteiger partial charge is 0.207 e. The number of aryl methyl sites for hydroxylation is 1. The predicted octanol–water partition coefficient (Wildman–Crippen LogP) is 12.4. The molecule has 0 nitrogen and oxygen atoms in total. The first-order valence-electron chi connectivity index (χ1n) is 19.6. The van der Waals surface area contributed by atoms with Crippen LogP contribution in [0.3, 0.4) is 0 Å². The van der Waals surface area contributed by atoms with E-state index in [1.54, 1.807) is 12.1 Å². The molecule has 12 rings (SSSR count). The van der Waals surface area contributed by atoms with Crippen molar-refractivity contribution in [2.75, 3.05) is 0 Å².